The molecule has 1 aliphatic heterocycles. The van der Waals surface area contributed by atoms with Crippen LogP contribution in [0.5, 0.6) is 0 Å². The second kappa shape index (κ2) is 6.72. The van der Waals surface area contributed by atoms with Gasteiger partial charge in [-0.15, -0.1) is 0 Å². The van der Waals surface area contributed by atoms with Gasteiger partial charge in [-0.1, -0.05) is 67.2 Å². The molecule has 2 atom stereocenters. The van der Waals surface area contributed by atoms with E-state index in [1.807, 2.05) is 0 Å². The Morgan fingerprint density at radius 3 is 2.72 bits per heavy atom. The van der Waals surface area contributed by atoms with Gasteiger partial charge in [0.25, 0.3) is 0 Å². The minimum Gasteiger partial charge on any atom is -0.372 e. The van der Waals surface area contributed by atoms with Gasteiger partial charge in [0, 0.05) is 4.83 Å². The zero-order chi connectivity index (χ0) is 13.0. The van der Waals surface area contributed by atoms with Crippen molar-refractivity contribution in [2.75, 3.05) is 0 Å². The highest BCUT2D eigenvalue weighted by molar-refractivity contribution is 9.09. The van der Waals surface area contributed by atoms with E-state index in [1.165, 1.54) is 42.4 Å². The zero-order valence-electron chi connectivity index (χ0n) is 11.4. The quantitative estimate of drug-likeness (QED) is 0.642. The van der Waals surface area contributed by atoms with Crippen LogP contribution in [-0.4, -0.2) is 0 Å². The van der Waals surface area contributed by atoms with Gasteiger partial charge in [0.05, 0.1) is 13.2 Å². The summed E-state index contributed by atoms with van der Waals surface area (Å²) in [5.41, 5.74) is 4.16. The summed E-state index contributed by atoms with van der Waals surface area (Å²) < 4.78 is 5.49. The lowest BCUT2D eigenvalue weighted by Crippen LogP contribution is -2.07. The van der Waals surface area contributed by atoms with Gasteiger partial charge in [-0.25, -0.2) is 0 Å². The Hall–Kier alpha value is -0.340. The fraction of sp³-hybridized carbons (Fsp3) is 0.625. The highest BCUT2D eigenvalue weighted by atomic mass is 79.9. The fourth-order valence-corrected chi connectivity index (χ4v) is 3.58. The largest absolute Gasteiger partial charge is 0.372 e. The minimum absolute atomic E-state index is 0.486. The van der Waals surface area contributed by atoms with Gasteiger partial charge in [0.15, 0.2) is 0 Å². The van der Waals surface area contributed by atoms with Crippen molar-refractivity contribution in [3.63, 3.8) is 0 Å². The molecule has 0 bridgehead atoms. The van der Waals surface area contributed by atoms with Gasteiger partial charge in [-0.2, -0.15) is 0 Å². The molecule has 0 aliphatic carbocycles. The maximum atomic E-state index is 5.49. The predicted molar refractivity (Wildman–Crippen MR) is 79.9 cm³/mol. The van der Waals surface area contributed by atoms with E-state index in [-0.39, 0.29) is 0 Å². The number of hydrogen-bond donors (Lipinski definition) is 0. The van der Waals surface area contributed by atoms with Crippen LogP contribution in [-0.2, 0) is 18.0 Å². The second-order valence-corrected chi connectivity index (χ2v) is 6.22. The van der Waals surface area contributed by atoms with Crippen LogP contribution in [0.4, 0.5) is 0 Å². The van der Waals surface area contributed by atoms with Crippen LogP contribution >= 0.6 is 15.9 Å². The van der Waals surface area contributed by atoms with Crippen LogP contribution in [0, 0.1) is 5.92 Å². The summed E-state index contributed by atoms with van der Waals surface area (Å²) >= 11 is 3.91. The van der Waals surface area contributed by atoms with Crippen LogP contribution < -0.4 is 0 Å². The first-order chi connectivity index (χ1) is 8.76. The number of hydrogen-bond acceptors (Lipinski definition) is 1. The van der Waals surface area contributed by atoms with Crippen LogP contribution in [0.25, 0.3) is 0 Å². The molecule has 0 spiro atoms. The summed E-state index contributed by atoms with van der Waals surface area (Å²) in [6.45, 7) is 6.14. The Kier molecular flexibility index (Phi) is 5.25. The average Bonchev–Trinajstić information content (AvgIpc) is 2.86. The van der Waals surface area contributed by atoms with Gasteiger partial charge in [0.1, 0.15) is 0 Å². The van der Waals surface area contributed by atoms with Crippen LogP contribution in [0.2, 0.25) is 0 Å². The van der Waals surface area contributed by atoms with Gasteiger partial charge in [-0.05, 0) is 29.0 Å². The minimum atomic E-state index is 0.486. The Balaban J connectivity index is 2.09. The summed E-state index contributed by atoms with van der Waals surface area (Å²) in [7, 11) is 0. The van der Waals surface area contributed by atoms with Gasteiger partial charge in [0.2, 0.25) is 0 Å². The first-order valence-electron chi connectivity index (χ1n) is 7.09. The third kappa shape index (κ3) is 3.16. The number of ether oxygens (including phenoxy) is 1. The molecule has 0 aromatic heterocycles. The molecule has 0 saturated heterocycles. The molecule has 1 nitrogen and oxygen atoms in total. The first kappa shape index (κ1) is 14.1. The number of halogens is 1. The molecule has 0 N–H and O–H groups in total. The summed E-state index contributed by atoms with van der Waals surface area (Å²) in [5, 5.41) is 0. The van der Waals surface area contributed by atoms with Crippen molar-refractivity contribution < 1.29 is 4.74 Å². The van der Waals surface area contributed by atoms with E-state index in [9.17, 15) is 0 Å². The van der Waals surface area contributed by atoms with E-state index in [4.69, 9.17) is 4.74 Å². The lowest BCUT2D eigenvalue weighted by molar-refractivity contribution is 0.134. The molecular weight excluding hydrogens is 288 g/mol. The number of alkyl halides is 1. The fourth-order valence-electron chi connectivity index (χ4n) is 2.66. The molecule has 2 unspecified atom stereocenters. The lowest BCUT2D eigenvalue weighted by atomic mass is 9.91. The Morgan fingerprint density at radius 2 is 2.00 bits per heavy atom. The van der Waals surface area contributed by atoms with Crippen molar-refractivity contribution in [3.8, 4) is 0 Å². The maximum absolute atomic E-state index is 5.49. The van der Waals surface area contributed by atoms with E-state index in [0.717, 1.165) is 19.1 Å². The van der Waals surface area contributed by atoms with Gasteiger partial charge >= 0.3 is 0 Å². The molecule has 1 aromatic rings. The normalized spacial score (nSPS) is 17.5. The molecule has 2 rings (SSSR count). The number of unbranched alkanes of at least 4 members (excludes halogenated alkanes) is 1. The summed E-state index contributed by atoms with van der Waals surface area (Å²) in [6, 6.07) is 6.83. The molecule has 0 radical (unpaired) electrons. The van der Waals surface area contributed by atoms with Crippen LogP contribution in [0.15, 0.2) is 18.2 Å². The molecule has 0 fully saturated rings. The second-order valence-electron chi connectivity index (χ2n) is 5.23. The summed E-state index contributed by atoms with van der Waals surface area (Å²) in [5.74, 6) is 0.741. The molecule has 100 valence electrons. The van der Waals surface area contributed by atoms with Crippen molar-refractivity contribution in [2.24, 2.45) is 5.92 Å². The van der Waals surface area contributed by atoms with Crippen molar-refractivity contribution in [2.45, 2.75) is 57.6 Å². The van der Waals surface area contributed by atoms with Crippen molar-refractivity contribution in [1.82, 2.24) is 0 Å². The molecule has 18 heavy (non-hydrogen) atoms. The molecule has 2 heteroatoms. The number of fused-ring (bicyclic) bond motifs is 1. The standard InChI is InChI=1S/C16H23BrO/c1-3-5-6-12(4-2)16(17)13-7-8-14-10-18-11-15(14)9-13/h7-9,12,16H,3-6,10-11H2,1-2H3. The van der Waals surface area contributed by atoms with E-state index in [1.54, 1.807) is 0 Å². The third-order valence-electron chi connectivity index (χ3n) is 3.93. The van der Waals surface area contributed by atoms with Crippen molar-refractivity contribution >= 4 is 15.9 Å². The highest BCUT2D eigenvalue weighted by Crippen LogP contribution is 2.37. The summed E-state index contributed by atoms with van der Waals surface area (Å²) in [4.78, 5) is 0.486. The average molecular weight is 311 g/mol. The SMILES string of the molecule is CCCCC(CC)C(Br)c1ccc2c(c1)COC2. The van der Waals surface area contributed by atoms with E-state index >= 15 is 0 Å². The molecule has 1 heterocycles. The van der Waals surface area contributed by atoms with Crippen molar-refractivity contribution in [1.29, 1.82) is 0 Å². The highest BCUT2D eigenvalue weighted by Gasteiger charge is 2.20. The van der Waals surface area contributed by atoms with Crippen LogP contribution in [0.3, 0.4) is 0 Å². The number of benzene rings is 1. The lowest BCUT2D eigenvalue weighted by Gasteiger charge is -2.22. The Labute approximate surface area is 119 Å². The Bertz CT molecular complexity index is 389. The first-order valence-corrected chi connectivity index (χ1v) is 8.01. The predicted octanol–water partition coefficient (Wildman–Crippen LogP) is 5.37. The van der Waals surface area contributed by atoms with E-state index in [0.29, 0.717) is 4.83 Å². The topological polar surface area (TPSA) is 9.23 Å². The molecule has 1 aromatic carbocycles. The maximum Gasteiger partial charge on any atom is 0.0725 e. The Morgan fingerprint density at radius 1 is 1.22 bits per heavy atom. The summed E-state index contributed by atoms with van der Waals surface area (Å²) in [6.07, 6.45) is 5.17. The van der Waals surface area contributed by atoms with Gasteiger partial charge < -0.3 is 4.74 Å². The zero-order valence-corrected chi connectivity index (χ0v) is 13.0. The smallest absolute Gasteiger partial charge is 0.0725 e. The van der Waals surface area contributed by atoms with E-state index < -0.39 is 0 Å². The third-order valence-corrected chi connectivity index (χ3v) is 5.21. The molecule has 0 saturated carbocycles. The van der Waals surface area contributed by atoms with E-state index in [2.05, 4.69) is 48.0 Å². The van der Waals surface area contributed by atoms with Crippen LogP contribution in [0.1, 0.15) is 61.0 Å². The molecule has 0 amide bonds. The van der Waals surface area contributed by atoms with Gasteiger partial charge in [-0.3, -0.25) is 0 Å². The molecule has 1 aliphatic rings. The van der Waals surface area contributed by atoms with Crippen molar-refractivity contribution in [3.05, 3.63) is 34.9 Å². The monoisotopic (exact) mass is 310 g/mol. The molecular formula is C16H23BrO. The number of rotatable bonds is 6.